The number of rotatable bonds is 4. The van der Waals surface area contributed by atoms with E-state index in [1.54, 1.807) is 14.7 Å². The van der Waals surface area contributed by atoms with Crippen molar-refractivity contribution in [3.8, 4) is 0 Å². The van der Waals surface area contributed by atoms with Crippen LogP contribution in [0.1, 0.15) is 6.92 Å². The second-order valence-corrected chi connectivity index (χ2v) is 8.53. The number of carboxylic acid groups (broad SMARTS) is 1. The maximum Gasteiger partial charge on any atom is 0.325 e. The van der Waals surface area contributed by atoms with Crippen LogP contribution in [0.4, 0.5) is 0 Å². The minimum absolute atomic E-state index is 0.00712. The van der Waals surface area contributed by atoms with Gasteiger partial charge in [-0.25, -0.2) is 0 Å². The summed E-state index contributed by atoms with van der Waals surface area (Å²) < 4.78 is 16.3. The van der Waals surface area contributed by atoms with E-state index in [9.17, 15) is 24.0 Å². The Labute approximate surface area is 189 Å². The molecular formula is C19H27N5O9. The van der Waals surface area contributed by atoms with Crippen molar-refractivity contribution in [3.05, 3.63) is 0 Å². The third-order valence-corrected chi connectivity index (χ3v) is 6.04. The molecule has 0 bridgehead atoms. The summed E-state index contributed by atoms with van der Waals surface area (Å²) in [7, 11) is 0. The van der Waals surface area contributed by atoms with Crippen molar-refractivity contribution in [2.75, 3.05) is 58.9 Å². The third kappa shape index (κ3) is 5.58. The van der Waals surface area contributed by atoms with E-state index >= 15 is 0 Å². The molecule has 0 aromatic carbocycles. The van der Waals surface area contributed by atoms with E-state index in [2.05, 4.69) is 5.32 Å². The Morgan fingerprint density at radius 1 is 0.879 bits per heavy atom. The van der Waals surface area contributed by atoms with Crippen LogP contribution < -0.4 is 5.32 Å². The van der Waals surface area contributed by atoms with Crippen LogP contribution >= 0.6 is 0 Å². The van der Waals surface area contributed by atoms with Gasteiger partial charge in [-0.15, -0.1) is 0 Å². The number of amides is 1. The normalized spacial score (nSPS) is 30.7. The highest BCUT2D eigenvalue weighted by molar-refractivity contribution is 5.84. The van der Waals surface area contributed by atoms with E-state index in [0.29, 0.717) is 13.1 Å². The van der Waals surface area contributed by atoms with Gasteiger partial charge in [-0.3, -0.25) is 43.6 Å². The number of ether oxygens (including phenoxy) is 3. The molecule has 1 amide bonds. The quantitative estimate of drug-likeness (QED) is 0.308. The van der Waals surface area contributed by atoms with Crippen molar-refractivity contribution in [1.29, 1.82) is 0 Å². The van der Waals surface area contributed by atoms with Crippen LogP contribution in [-0.2, 0) is 38.2 Å². The van der Waals surface area contributed by atoms with E-state index < -0.39 is 48.5 Å². The number of hydrogen-bond donors (Lipinski definition) is 2. The van der Waals surface area contributed by atoms with Gasteiger partial charge in [-0.05, 0) is 6.92 Å². The number of carboxylic acids is 1. The maximum atomic E-state index is 12.4. The number of esters is 3. The van der Waals surface area contributed by atoms with Crippen molar-refractivity contribution >= 4 is 29.8 Å². The molecule has 182 valence electrons. The molecule has 0 spiro atoms. The highest BCUT2D eigenvalue weighted by Gasteiger charge is 2.43. The average molecular weight is 469 g/mol. The summed E-state index contributed by atoms with van der Waals surface area (Å²) in [5.41, 5.74) is 0. The molecule has 0 radical (unpaired) electrons. The van der Waals surface area contributed by atoms with E-state index in [0.717, 1.165) is 0 Å². The first-order chi connectivity index (χ1) is 15.7. The lowest BCUT2D eigenvalue weighted by Crippen LogP contribution is -2.54. The predicted molar refractivity (Wildman–Crippen MR) is 106 cm³/mol. The number of nitrogens with one attached hydrogen (secondary N) is 1. The fourth-order valence-corrected chi connectivity index (χ4v) is 4.32. The summed E-state index contributed by atoms with van der Waals surface area (Å²) in [4.78, 5) is 66.5. The molecule has 14 nitrogen and oxygen atoms in total. The van der Waals surface area contributed by atoms with Crippen LogP contribution in [0.25, 0.3) is 0 Å². The maximum absolute atomic E-state index is 12.4. The Balaban J connectivity index is 1.52. The second kappa shape index (κ2) is 9.59. The molecule has 4 atom stereocenters. The molecule has 2 N–H and O–H groups in total. The van der Waals surface area contributed by atoms with Crippen LogP contribution in [0.2, 0.25) is 0 Å². The smallest absolute Gasteiger partial charge is 0.325 e. The number of carbonyl (C=O) groups excluding carboxylic acids is 4. The molecule has 0 saturated carbocycles. The predicted octanol–water partition coefficient (Wildman–Crippen LogP) is -3.55. The molecular weight excluding hydrogens is 442 g/mol. The number of carbonyl (C=O) groups is 5. The molecule has 4 saturated heterocycles. The van der Waals surface area contributed by atoms with E-state index in [-0.39, 0.29) is 51.8 Å². The zero-order valence-electron chi connectivity index (χ0n) is 18.2. The molecule has 4 rings (SSSR count). The summed E-state index contributed by atoms with van der Waals surface area (Å²) in [6.07, 6.45) is -1.89. The zero-order chi connectivity index (χ0) is 23.7. The van der Waals surface area contributed by atoms with Gasteiger partial charge in [0.1, 0.15) is 19.1 Å². The Hall–Kier alpha value is -2.81. The van der Waals surface area contributed by atoms with Crippen molar-refractivity contribution in [2.24, 2.45) is 0 Å². The number of aliphatic carboxylic acids is 1. The lowest BCUT2D eigenvalue weighted by atomic mass is 10.3. The summed E-state index contributed by atoms with van der Waals surface area (Å²) in [5, 5.41) is 11.4. The highest BCUT2D eigenvalue weighted by atomic mass is 16.6. The van der Waals surface area contributed by atoms with Crippen LogP contribution in [0, 0.1) is 0 Å². The van der Waals surface area contributed by atoms with Gasteiger partial charge < -0.3 is 24.6 Å². The molecule has 4 heterocycles. The summed E-state index contributed by atoms with van der Waals surface area (Å²) in [5.74, 6) is -2.86. The first-order valence-corrected chi connectivity index (χ1v) is 10.7. The topological polar surface area (TPSA) is 158 Å². The summed E-state index contributed by atoms with van der Waals surface area (Å²) in [6.45, 7) is 2.70. The van der Waals surface area contributed by atoms with Crippen LogP contribution in [0.5, 0.6) is 0 Å². The van der Waals surface area contributed by atoms with Gasteiger partial charge in [-0.1, -0.05) is 0 Å². The molecule has 33 heavy (non-hydrogen) atoms. The number of nitrogens with zero attached hydrogens (tertiary/aromatic N) is 4. The van der Waals surface area contributed by atoms with E-state index in [1.165, 1.54) is 6.92 Å². The standard InChI is InChI=1S/C19H27N5O9/c1-11(19(29)30)20-12(25)4-21-2-3-22-8-16(26)32-14(22)6-24-10-18(28)33-15(24)7-23-9-17(27)31-13(23)5-21/h11,13-15H,2-10H2,1H3,(H,20,25)(H,29,30)/t11-,13?,14?,15?/m0/s1. The Morgan fingerprint density at radius 3 is 1.91 bits per heavy atom. The van der Waals surface area contributed by atoms with Crippen LogP contribution in [0.15, 0.2) is 0 Å². The summed E-state index contributed by atoms with van der Waals surface area (Å²) in [6, 6.07) is -1.05. The number of fused-ring (bicyclic) bond motifs is 3. The molecule has 4 fully saturated rings. The van der Waals surface area contributed by atoms with Crippen molar-refractivity contribution < 1.29 is 43.3 Å². The van der Waals surface area contributed by atoms with E-state index in [4.69, 9.17) is 19.3 Å². The lowest BCUT2D eigenvalue weighted by Gasteiger charge is -2.35. The first-order valence-electron chi connectivity index (χ1n) is 10.7. The minimum atomic E-state index is -1.15. The van der Waals surface area contributed by atoms with Crippen LogP contribution in [0.3, 0.4) is 0 Å². The van der Waals surface area contributed by atoms with Crippen molar-refractivity contribution in [3.63, 3.8) is 0 Å². The fourth-order valence-electron chi connectivity index (χ4n) is 4.32. The minimum Gasteiger partial charge on any atom is -0.480 e. The first kappa shape index (κ1) is 23.4. The van der Waals surface area contributed by atoms with Gasteiger partial charge in [0.05, 0.1) is 32.7 Å². The third-order valence-electron chi connectivity index (χ3n) is 6.04. The van der Waals surface area contributed by atoms with Gasteiger partial charge in [0.15, 0.2) is 18.7 Å². The Kier molecular flexibility index (Phi) is 6.78. The second-order valence-electron chi connectivity index (χ2n) is 8.53. The zero-order valence-corrected chi connectivity index (χ0v) is 18.2. The molecule has 0 aromatic rings. The Morgan fingerprint density at radius 2 is 1.36 bits per heavy atom. The van der Waals surface area contributed by atoms with Gasteiger partial charge in [0, 0.05) is 13.1 Å². The number of hydrogen-bond acceptors (Lipinski definition) is 12. The monoisotopic (exact) mass is 469 g/mol. The van der Waals surface area contributed by atoms with Gasteiger partial charge in [-0.2, -0.15) is 0 Å². The molecule has 0 aromatic heterocycles. The molecule has 14 heteroatoms. The van der Waals surface area contributed by atoms with Crippen molar-refractivity contribution in [1.82, 2.24) is 24.9 Å². The molecule has 4 aliphatic rings. The average Bonchev–Trinajstić information content (AvgIpc) is 3.36. The molecule has 0 aliphatic carbocycles. The SMILES string of the molecule is C[C@H](NC(=O)CN1CCN2CC(=O)OC2CN2CC(=O)OC2CN2CC(=O)OC2C1)C(=O)O. The van der Waals surface area contributed by atoms with Gasteiger partial charge >= 0.3 is 23.9 Å². The molecule has 3 unspecified atom stereocenters. The van der Waals surface area contributed by atoms with E-state index in [1.807, 2.05) is 4.90 Å². The van der Waals surface area contributed by atoms with Gasteiger partial charge in [0.25, 0.3) is 0 Å². The largest absolute Gasteiger partial charge is 0.480 e. The van der Waals surface area contributed by atoms with Crippen LogP contribution in [-0.4, -0.2) is 138 Å². The summed E-state index contributed by atoms with van der Waals surface area (Å²) >= 11 is 0. The van der Waals surface area contributed by atoms with Crippen molar-refractivity contribution in [2.45, 2.75) is 31.6 Å². The molecule has 4 aliphatic heterocycles. The lowest BCUT2D eigenvalue weighted by molar-refractivity contribution is -0.148. The highest BCUT2D eigenvalue weighted by Crippen LogP contribution is 2.22. The fraction of sp³-hybridized carbons (Fsp3) is 0.737. The van der Waals surface area contributed by atoms with Gasteiger partial charge in [0.2, 0.25) is 5.91 Å². The Bertz CT molecular complexity index is 838.